The van der Waals surface area contributed by atoms with Crippen molar-refractivity contribution in [2.75, 3.05) is 26.1 Å². The summed E-state index contributed by atoms with van der Waals surface area (Å²) in [5.74, 6) is 0.114. The van der Waals surface area contributed by atoms with Crippen LogP contribution in [-0.4, -0.2) is 51.0 Å². The first-order chi connectivity index (χ1) is 13.5. The van der Waals surface area contributed by atoms with Crippen molar-refractivity contribution in [3.05, 3.63) is 45.9 Å². The molecule has 1 amide bonds. The number of carboxylic acid groups (broad SMARTS) is 1. The molecule has 0 spiro atoms. The number of H-pyrrole nitrogens is 1. The van der Waals surface area contributed by atoms with Crippen LogP contribution in [0, 0.1) is 0 Å². The molecule has 148 valence electrons. The molecule has 0 fully saturated rings. The number of anilines is 1. The molecule has 1 aromatic carbocycles. The number of aromatic amines is 1. The molecule has 2 heterocycles. The number of imidazole rings is 1. The van der Waals surface area contributed by atoms with Crippen molar-refractivity contribution in [2.45, 2.75) is 13.1 Å². The number of carbonyl (C=O) groups is 1. The van der Waals surface area contributed by atoms with E-state index in [9.17, 15) is 9.59 Å². The number of methoxy groups -OCH3 is 1. The average molecular weight is 388 g/mol. The maximum atomic E-state index is 12.4. The van der Waals surface area contributed by atoms with Gasteiger partial charge in [-0.1, -0.05) is 24.3 Å². The van der Waals surface area contributed by atoms with Gasteiger partial charge in [-0.25, -0.2) is 9.59 Å². The largest absolute Gasteiger partial charge is 0.465 e. The molecule has 0 aliphatic carbocycles. The standard InChI is InChI=1S/C17H20N6O5/c1-27-6-7-28-15-21-13(18)12-14(22-15)23(16(24)20-12)9-11-4-2-10(3-5-11)8-19-17(25)26/h2-5,19H,6-9H2,1H3,(H,20,24)(H,25,26)(H2,18,21,22). The highest BCUT2D eigenvalue weighted by Gasteiger charge is 2.15. The van der Waals surface area contributed by atoms with Crippen LogP contribution in [0.3, 0.4) is 0 Å². The molecule has 11 nitrogen and oxygen atoms in total. The number of aromatic nitrogens is 4. The van der Waals surface area contributed by atoms with Gasteiger partial charge < -0.3 is 30.6 Å². The number of fused-ring (bicyclic) bond motifs is 1. The summed E-state index contributed by atoms with van der Waals surface area (Å²) < 4.78 is 11.7. The van der Waals surface area contributed by atoms with E-state index in [-0.39, 0.29) is 37.2 Å². The molecule has 0 saturated carbocycles. The van der Waals surface area contributed by atoms with E-state index < -0.39 is 6.09 Å². The predicted molar refractivity (Wildman–Crippen MR) is 100 cm³/mol. The minimum Gasteiger partial charge on any atom is -0.465 e. The quantitative estimate of drug-likeness (QED) is 0.407. The Morgan fingerprint density at radius 2 is 1.96 bits per heavy atom. The number of hydrogen-bond donors (Lipinski definition) is 4. The predicted octanol–water partition coefficient (Wildman–Crippen LogP) is 0.543. The summed E-state index contributed by atoms with van der Waals surface area (Å²) in [5.41, 5.74) is 7.85. The van der Waals surface area contributed by atoms with Crippen LogP contribution in [-0.2, 0) is 17.8 Å². The second-order valence-corrected chi connectivity index (χ2v) is 5.92. The highest BCUT2D eigenvalue weighted by Crippen LogP contribution is 2.18. The van der Waals surface area contributed by atoms with Crippen LogP contribution in [0.15, 0.2) is 29.1 Å². The lowest BCUT2D eigenvalue weighted by Crippen LogP contribution is -2.20. The summed E-state index contributed by atoms with van der Waals surface area (Å²) in [5, 5.41) is 10.9. The molecular formula is C17H20N6O5. The van der Waals surface area contributed by atoms with Crippen molar-refractivity contribution in [1.29, 1.82) is 0 Å². The van der Waals surface area contributed by atoms with Crippen molar-refractivity contribution in [3.8, 4) is 6.01 Å². The summed E-state index contributed by atoms with van der Waals surface area (Å²) in [6.45, 7) is 1.07. The maximum absolute atomic E-state index is 12.4. The fourth-order valence-corrected chi connectivity index (χ4v) is 2.58. The fourth-order valence-electron chi connectivity index (χ4n) is 2.58. The lowest BCUT2D eigenvalue weighted by atomic mass is 10.1. The van der Waals surface area contributed by atoms with Gasteiger partial charge in [-0.2, -0.15) is 9.97 Å². The smallest absolute Gasteiger partial charge is 0.404 e. The number of nitrogens with two attached hydrogens (primary N) is 1. The van der Waals surface area contributed by atoms with Gasteiger partial charge in [0.15, 0.2) is 11.5 Å². The fraction of sp³-hybridized carbons (Fsp3) is 0.294. The number of nitrogens with zero attached hydrogens (tertiary/aromatic N) is 3. The molecule has 2 aromatic heterocycles. The molecule has 0 radical (unpaired) electrons. The molecule has 0 aliphatic rings. The molecule has 0 aliphatic heterocycles. The Labute approximate surface area is 159 Å². The third-order valence-electron chi connectivity index (χ3n) is 3.96. The van der Waals surface area contributed by atoms with Crippen LogP contribution < -0.4 is 21.5 Å². The van der Waals surface area contributed by atoms with Crippen LogP contribution in [0.1, 0.15) is 11.1 Å². The van der Waals surface area contributed by atoms with Gasteiger partial charge in [0.1, 0.15) is 12.1 Å². The average Bonchev–Trinajstić information content (AvgIpc) is 2.98. The van der Waals surface area contributed by atoms with Crippen LogP contribution in [0.2, 0.25) is 0 Å². The maximum Gasteiger partial charge on any atom is 0.404 e. The van der Waals surface area contributed by atoms with Gasteiger partial charge in [0.05, 0.1) is 13.2 Å². The van der Waals surface area contributed by atoms with Crippen molar-refractivity contribution in [1.82, 2.24) is 24.8 Å². The van der Waals surface area contributed by atoms with Crippen molar-refractivity contribution < 1.29 is 19.4 Å². The van der Waals surface area contributed by atoms with E-state index in [0.717, 1.165) is 11.1 Å². The van der Waals surface area contributed by atoms with Crippen molar-refractivity contribution >= 4 is 23.1 Å². The number of hydrogen-bond acceptors (Lipinski definition) is 7. The topological polar surface area (TPSA) is 157 Å². The Morgan fingerprint density at radius 3 is 2.64 bits per heavy atom. The highest BCUT2D eigenvalue weighted by atomic mass is 16.5. The SMILES string of the molecule is COCCOc1nc(N)c2[nH]c(=O)n(Cc3ccc(CNC(=O)O)cc3)c2n1. The van der Waals surface area contributed by atoms with E-state index in [0.29, 0.717) is 17.8 Å². The summed E-state index contributed by atoms with van der Waals surface area (Å²) in [6.07, 6.45) is -1.09. The Morgan fingerprint density at radius 1 is 1.25 bits per heavy atom. The summed E-state index contributed by atoms with van der Waals surface area (Å²) in [7, 11) is 1.55. The number of nitrogens with one attached hydrogen (secondary N) is 2. The molecule has 0 bridgehead atoms. The summed E-state index contributed by atoms with van der Waals surface area (Å²) in [6, 6.07) is 7.25. The number of amides is 1. The van der Waals surface area contributed by atoms with E-state index in [1.165, 1.54) is 4.57 Å². The van der Waals surface area contributed by atoms with E-state index in [4.69, 9.17) is 20.3 Å². The van der Waals surface area contributed by atoms with Gasteiger partial charge >= 0.3 is 17.8 Å². The first-order valence-corrected chi connectivity index (χ1v) is 8.40. The molecular weight excluding hydrogens is 368 g/mol. The zero-order chi connectivity index (χ0) is 20.1. The summed E-state index contributed by atoms with van der Waals surface area (Å²) >= 11 is 0. The molecule has 11 heteroatoms. The Kier molecular flexibility index (Phi) is 5.75. The molecule has 28 heavy (non-hydrogen) atoms. The minimum absolute atomic E-state index is 0.0601. The number of rotatable bonds is 8. The normalized spacial score (nSPS) is 10.9. The van der Waals surface area contributed by atoms with Gasteiger partial charge in [-0.3, -0.25) is 4.57 Å². The van der Waals surface area contributed by atoms with E-state index >= 15 is 0 Å². The first kappa shape index (κ1) is 19.2. The van der Waals surface area contributed by atoms with Crippen LogP contribution >= 0.6 is 0 Å². The zero-order valence-electron chi connectivity index (χ0n) is 15.1. The zero-order valence-corrected chi connectivity index (χ0v) is 15.1. The van der Waals surface area contributed by atoms with Crippen molar-refractivity contribution in [3.63, 3.8) is 0 Å². The van der Waals surface area contributed by atoms with Gasteiger partial charge in [0, 0.05) is 13.7 Å². The Bertz CT molecular complexity index is 1030. The molecule has 5 N–H and O–H groups in total. The molecule has 0 saturated heterocycles. The van der Waals surface area contributed by atoms with Crippen LogP contribution in [0.4, 0.5) is 10.6 Å². The van der Waals surface area contributed by atoms with Crippen LogP contribution in [0.5, 0.6) is 6.01 Å². The molecule has 3 aromatic rings. The van der Waals surface area contributed by atoms with E-state index in [2.05, 4.69) is 20.3 Å². The van der Waals surface area contributed by atoms with E-state index in [1.807, 2.05) is 12.1 Å². The van der Waals surface area contributed by atoms with Crippen molar-refractivity contribution in [2.24, 2.45) is 0 Å². The number of benzene rings is 1. The minimum atomic E-state index is -1.09. The third kappa shape index (κ3) is 4.38. The van der Waals surface area contributed by atoms with Gasteiger partial charge in [0.2, 0.25) is 0 Å². The molecule has 3 rings (SSSR count). The Hall–Kier alpha value is -3.60. The van der Waals surface area contributed by atoms with Gasteiger partial charge in [-0.15, -0.1) is 0 Å². The van der Waals surface area contributed by atoms with Gasteiger partial charge in [0.25, 0.3) is 0 Å². The monoisotopic (exact) mass is 388 g/mol. The summed E-state index contributed by atoms with van der Waals surface area (Å²) in [4.78, 5) is 33.9. The first-order valence-electron chi connectivity index (χ1n) is 8.40. The lowest BCUT2D eigenvalue weighted by molar-refractivity contribution is 0.141. The molecule has 0 atom stereocenters. The van der Waals surface area contributed by atoms with E-state index in [1.54, 1.807) is 19.2 Å². The number of nitrogen functional groups attached to an aromatic ring is 1. The molecule has 0 unspecified atom stereocenters. The van der Waals surface area contributed by atoms with Crippen LogP contribution in [0.25, 0.3) is 11.2 Å². The lowest BCUT2D eigenvalue weighted by Gasteiger charge is -2.07. The highest BCUT2D eigenvalue weighted by molar-refractivity contribution is 5.81. The Balaban J connectivity index is 1.84. The second kappa shape index (κ2) is 8.39. The third-order valence-corrected chi connectivity index (χ3v) is 3.96. The van der Waals surface area contributed by atoms with Gasteiger partial charge in [-0.05, 0) is 11.1 Å². The second-order valence-electron chi connectivity index (χ2n) is 5.92. The number of ether oxygens (including phenoxy) is 2.